The van der Waals surface area contributed by atoms with Crippen LogP contribution in [0.1, 0.15) is 24.6 Å². The van der Waals surface area contributed by atoms with E-state index in [1.54, 1.807) is 4.90 Å². The minimum atomic E-state index is -0.0316. The van der Waals surface area contributed by atoms with Crippen molar-refractivity contribution < 1.29 is 9.53 Å². The van der Waals surface area contributed by atoms with Crippen LogP contribution >= 0.6 is 0 Å². The summed E-state index contributed by atoms with van der Waals surface area (Å²) in [6.45, 7) is 0.750. The third kappa shape index (κ3) is 3.24. The Balaban J connectivity index is 1.54. The largest absolute Gasteiger partial charge is 0.457 e. The second kappa shape index (κ2) is 7.51. The van der Waals surface area contributed by atoms with Crippen LogP contribution in [0.4, 0.5) is 5.82 Å². The van der Waals surface area contributed by atoms with E-state index in [0.717, 1.165) is 65.1 Å². The molecule has 1 aliphatic rings. The highest BCUT2D eigenvalue weighted by Crippen LogP contribution is 2.36. The van der Waals surface area contributed by atoms with Crippen molar-refractivity contribution in [3.8, 4) is 22.8 Å². The monoisotopic (exact) mass is 399 g/mol. The minimum absolute atomic E-state index is 0.0316. The summed E-state index contributed by atoms with van der Waals surface area (Å²) < 4.78 is 5.89. The molecule has 0 spiro atoms. The average molecular weight is 399 g/mol. The number of pyridine rings is 1. The zero-order valence-corrected chi connectivity index (χ0v) is 16.3. The van der Waals surface area contributed by atoms with Gasteiger partial charge < -0.3 is 15.4 Å². The first-order valence-electron chi connectivity index (χ1n) is 9.92. The van der Waals surface area contributed by atoms with E-state index in [2.05, 4.69) is 10.2 Å². The van der Waals surface area contributed by atoms with Crippen molar-refractivity contribution in [2.45, 2.75) is 18.9 Å². The van der Waals surface area contributed by atoms with Crippen molar-refractivity contribution in [1.29, 1.82) is 0 Å². The lowest BCUT2D eigenvalue weighted by atomic mass is 10.0. The molecule has 1 unspecified atom stereocenters. The molecule has 1 amide bonds. The maximum Gasteiger partial charge on any atom is 0.210 e. The van der Waals surface area contributed by atoms with E-state index in [1.807, 2.05) is 60.7 Å². The average Bonchev–Trinajstić information content (AvgIpc) is 3.41. The van der Waals surface area contributed by atoms with Crippen LogP contribution in [0, 0.1) is 0 Å². The van der Waals surface area contributed by atoms with Gasteiger partial charge >= 0.3 is 0 Å². The van der Waals surface area contributed by atoms with Gasteiger partial charge in [-0.1, -0.05) is 18.2 Å². The Morgan fingerprint density at radius 2 is 1.87 bits per heavy atom. The number of hydrogen-bond donors (Lipinski definition) is 2. The molecule has 0 radical (unpaired) electrons. The van der Waals surface area contributed by atoms with Gasteiger partial charge in [0, 0.05) is 12.1 Å². The number of rotatable bonds is 5. The van der Waals surface area contributed by atoms with Crippen LogP contribution in [0.3, 0.4) is 0 Å². The van der Waals surface area contributed by atoms with Gasteiger partial charge in [-0.05, 0) is 55.3 Å². The highest BCUT2D eigenvalue weighted by atomic mass is 16.5. The van der Waals surface area contributed by atoms with E-state index in [4.69, 9.17) is 15.5 Å². The summed E-state index contributed by atoms with van der Waals surface area (Å²) in [5, 5.41) is 7.94. The summed E-state index contributed by atoms with van der Waals surface area (Å²) in [5.41, 5.74) is 9.44. The quantitative estimate of drug-likeness (QED) is 0.488. The molecule has 150 valence electrons. The number of fused-ring (bicyclic) bond motifs is 1. The Labute approximate surface area is 173 Å². The van der Waals surface area contributed by atoms with Crippen LogP contribution in [0.2, 0.25) is 0 Å². The lowest BCUT2D eigenvalue weighted by Gasteiger charge is -2.20. The lowest BCUT2D eigenvalue weighted by molar-refractivity contribution is -0.119. The number of aromatic amines is 1. The number of H-pyrrole nitrogens is 1. The summed E-state index contributed by atoms with van der Waals surface area (Å²) in [4.78, 5) is 18.2. The number of nitrogens with one attached hydrogen (secondary N) is 1. The van der Waals surface area contributed by atoms with Gasteiger partial charge in [0.05, 0.1) is 28.3 Å². The zero-order valence-electron chi connectivity index (χ0n) is 16.3. The van der Waals surface area contributed by atoms with E-state index in [0.29, 0.717) is 5.82 Å². The summed E-state index contributed by atoms with van der Waals surface area (Å²) in [6.07, 6.45) is 2.76. The van der Waals surface area contributed by atoms with Crippen molar-refractivity contribution >= 4 is 23.1 Å². The molecule has 30 heavy (non-hydrogen) atoms. The molecule has 0 bridgehead atoms. The highest BCUT2D eigenvalue weighted by Gasteiger charge is 2.27. The van der Waals surface area contributed by atoms with E-state index in [-0.39, 0.29) is 6.04 Å². The van der Waals surface area contributed by atoms with Gasteiger partial charge in [-0.15, -0.1) is 0 Å². The molecule has 3 N–H and O–H groups in total. The van der Waals surface area contributed by atoms with E-state index in [1.165, 1.54) is 0 Å². The summed E-state index contributed by atoms with van der Waals surface area (Å²) >= 11 is 0. The fourth-order valence-corrected chi connectivity index (χ4v) is 4.01. The standard InChI is InChI=1S/C23H21N5O2/c24-23-21-19(26-27-23)13-18(20-7-4-12-28(20)14-29)25-22(21)15-8-10-17(11-9-15)30-16-5-2-1-3-6-16/h1-3,5-6,8-11,13-14,20H,4,7,12H2,(H3,24,26,27). The summed E-state index contributed by atoms with van der Waals surface area (Å²) in [7, 11) is 0. The van der Waals surface area contributed by atoms with Gasteiger partial charge in [0.1, 0.15) is 11.5 Å². The fraction of sp³-hybridized carbons (Fsp3) is 0.174. The molecule has 1 aliphatic heterocycles. The number of nitrogens with zero attached hydrogens (tertiary/aromatic N) is 3. The van der Waals surface area contributed by atoms with Crippen molar-refractivity contribution in [2.75, 3.05) is 12.3 Å². The predicted molar refractivity (Wildman–Crippen MR) is 115 cm³/mol. The maximum absolute atomic E-state index is 11.4. The predicted octanol–water partition coefficient (Wildman–Crippen LogP) is 4.29. The van der Waals surface area contributed by atoms with E-state index < -0.39 is 0 Å². The third-order valence-electron chi connectivity index (χ3n) is 5.47. The first-order chi connectivity index (χ1) is 14.7. The summed E-state index contributed by atoms with van der Waals surface area (Å²) in [5.74, 6) is 1.92. The molecule has 7 heteroatoms. The molecule has 2 aromatic carbocycles. The van der Waals surface area contributed by atoms with Crippen LogP contribution < -0.4 is 10.5 Å². The molecular weight excluding hydrogens is 378 g/mol. The number of nitrogen functional groups attached to an aromatic ring is 1. The number of para-hydroxylation sites is 1. The number of ether oxygens (including phenoxy) is 1. The molecule has 1 fully saturated rings. The molecule has 3 heterocycles. The van der Waals surface area contributed by atoms with Crippen LogP contribution in [-0.4, -0.2) is 33.0 Å². The number of likely N-dealkylation sites (tertiary alicyclic amines) is 1. The number of hydrogen-bond acceptors (Lipinski definition) is 5. The Bertz CT molecular complexity index is 1190. The second-order valence-electron chi connectivity index (χ2n) is 7.37. The SMILES string of the molecule is Nc1n[nH]c2cc(C3CCCN3C=O)nc(-c3ccc(Oc4ccccc4)cc3)c12. The van der Waals surface area contributed by atoms with Gasteiger partial charge in [-0.3, -0.25) is 9.89 Å². The second-order valence-corrected chi connectivity index (χ2v) is 7.37. The molecule has 7 nitrogen and oxygen atoms in total. The number of amides is 1. The number of carbonyl (C=O) groups is 1. The first kappa shape index (κ1) is 18.2. The number of anilines is 1. The highest BCUT2D eigenvalue weighted by molar-refractivity contribution is 6.00. The Morgan fingerprint density at radius 3 is 2.63 bits per heavy atom. The molecular formula is C23H21N5O2. The molecule has 2 aromatic heterocycles. The first-order valence-corrected chi connectivity index (χ1v) is 9.92. The number of aromatic nitrogens is 3. The van der Waals surface area contributed by atoms with Gasteiger partial charge in [-0.25, -0.2) is 4.98 Å². The minimum Gasteiger partial charge on any atom is -0.457 e. The molecule has 4 aromatic rings. The fourth-order valence-electron chi connectivity index (χ4n) is 4.01. The molecule has 1 atom stereocenters. The van der Waals surface area contributed by atoms with Crippen molar-refractivity contribution in [1.82, 2.24) is 20.1 Å². The number of benzene rings is 2. The van der Waals surface area contributed by atoms with Gasteiger partial charge in [-0.2, -0.15) is 5.10 Å². The topological polar surface area (TPSA) is 97.1 Å². The Kier molecular flexibility index (Phi) is 4.55. The van der Waals surface area contributed by atoms with E-state index >= 15 is 0 Å². The van der Waals surface area contributed by atoms with Crippen LogP contribution in [-0.2, 0) is 4.79 Å². The number of carbonyl (C=O) groups excluding carboxylic acids is 1. The Morgan fingerprint density at radius 1 is 1.10 bits per heavy atom. The van der Waals surface area contributed by atoms with Crippen molar-refractivity contribution in [3.05, 3.63) is 66.4 Å². The van der Waals surface area contributed by atoms with Crippen molar-refractivity contribution in [2.24, 2.45) is 0 Å². The smallest absolute Gasteiger partial charge is 0.210 e. The van der Waals surface area contributed by atoms with Gasteiger partial charge in [0.2, 0.25) is 6.41 Å². The van der Waals surface area contributed by atoms with Gasteiger partial charge in [0.25, 0.3) is 0 Å². The van der Waals surface area contributed by atoms with Crippen LogP contribution in [0.15, 0.2) is 60.7 Å². The van der Waals surface area contributed by atoms with Crippen LogP contribution in [0.25, 0.3) is 22.2 Å². The third-order valence-corrected chi connectivity index (χ3v) is 5.47. The normalized spacial score (nSPS) is 16.1. The van der Waals surface area contributed by atoms with Gasteiger partial charge in [0.15, 0.2) is 5.82 Å². The molecule has 5 rings (SSSR count). The van der Waals surface area contributed by atoms with Crippen molar-refractivity contribution in [3.63, 3.8) is 0 Å². The Hall–Kier alpha value is -3.87. The van der Waals surface area contributed by atoms with E-state index in [9.17, 15) is 4.79 Å². The molecule has 0 saturated carbocycles. The lowest BCUT2D eigenvalue weighted by Crippen LogP contribution is -2.22. The molecule has 1 saturated heterocycles. The maximum atomic E-state index is 11.4. The zero-order chi connectivity index (χ0) is 20.5. The number of nitrogens with two attached hydrogens (primary N) is 1. The van der Waals surface area contributed by atoms with Crippen LogP contribution in [0.5, 0.6) is 11.5 Å². The molecule has 0 aliphatic carbocycles. The summed E-state index contributed by atoms with van der Waals surface area (Å²) in [6, 6.07) is 19.3.